The van der Waals surface area contributed by atoms with Gasteiger partial charge in [0.1, 0.15) is 29.4 Å². The van der Waals surface area contributed by atoms with E-state index in [1.165, 1.54) is 0 Å². The smallest absolute Gasteiger partial charge is 0.301 e. The van der Waals surface area contributed by atoms with Crippen molar-refractivity contribution in [3.05, 3.63) is 88.5 Å². The molecule has 192 valence electrons. The number of hydrogen-bond acceptors (Lipinski definition) is 7. The Hall–Kier alpha value is -4.31. The number of anilines is 2. The number of aliphatic hydroxyl groups excluding tert-OH is 1. The lowest BCUT2D eigenvalue weighted by Crippen LogP contribution is -2.29. The highest BCUT2D eigenvalue weighted by Crippen LogP contribution is 2.45. The number of likely N-dealkylation sites (N-methyl/N-ethyl adjacent to an activating group) is 1. The molecule has 0 radical (unpaired) electrons. The number of Topliss-reactive ketones (excluding diaryl/α,β-unsaturated/α-hetero) is 1. The SMILES string of the molecule is Cc1cccc(C2/C(=C(\O)c3ccc4c(c3)N(C)CCO4)C(=O)C(=O)N2c2nc3c(F)cc(F)cc3s2)c1. The predicted octanol–water partition coefficient (Wildman–Crippen LogP) is 5.34. The first-order valence-corrected chi connectivity index (χ1v) is 12.7. The van der Waals surface area contributed by atoms with Crippen LogP contribution in [-0.4, -0.2) is 42.0 Å². The predicted molar refractivity (Wildman–Crippen MR) is 141 cm³/mol. The van der Waals surface area contributed by atoms with Crippen LogP contribution in [-0.2, 0) is 9.59 Å². The van der Waals surface area contributed by atoms with Crippen molar-refractivity contribution in [3.63, 3.8) is 0 Å². The zero-order chi connectivity index (χ0) is 26.7. The van der Waals surface area contributed by atoms with Gasteiger partial charge in [-0.1, -0.05) is 41.2 Å². The Kier molecular flexibility index (Phi) is 5.64. The van der Waals surface area contributed by atoms with Crippen molar-refractivity contribution in [1.29, 1.82) is 0 Å². The third-order valence-corrected chi connectivity index (χ3v) is 7.74. The standard InChI is InChI=1S/C28H21F2N3O4S/c1-14-4-3-5-15(10-14)24-22(25(34)16-6-7-20-19(11-16)32(2)8-9-37-20)26(35)27(36)33(24)28-31-23-18(30)12-17(29)13-21(23)38-28/h3-7,10-13,24,34H,8-9H2,1-2H3/b25-22+. The van der Waals surface area contributed by atoms with Gasteiger partial charge < -0.3 is 14.7 Å². The van der Waals surface area contributed by atoms with E-state index in [4.69, 9.17) is 4.74 Å². The summed E-state index contributed by atoms with van der Waals surface area (Å²) in [5.41, 5.74) is 2.30. The third-order valence-electron chi connectivity index (χ3n) is 6.74. The first-order chi connectivity index (χ1) is 18.2. The maximum atomic E-state index is 14.5. The lowest BCUT2D eigenvalue weighted by Gasteiger charge is -2.28. The largest absolute Gasteiger partial charge is 0.507 e. The first-order valence-electron chi connectivity index (χ1n) is 11.8. The molecule has 0 bridgehead atoms. The molecule has 1 aromatic heterocycles. The monoisotopic (exact) mass is 533 g/mol. The van der Waals surface area contributed by atoms with Crippen LogP contribution >= 0.6 is 11.3 Å². The van der Waals surface area contributed by atoms with Gasteiger partial charge in [-0.25, -0.2) is 13.8 Å². The number of halogens is 2. The number of ether oxygens (including phenoxy) is 1. The molecule has 4 aromatic rings. The molecule has 3 aromatic carbocycles. The van der Waals surface area contributed by atoms with Crippen molar-refractivity contribution in [1.82, 2.24) is 4.98 Å². The van der Waals surface area contributed by atoms with E-state index in [1.54, 1.807) is 36.4 Å². The van der Waals surface area contributed by atoms with E-state index >= 15 is 0 Å². The summed E-state index contributed by atoms with van der Waals surface area (Å²) in [7, 11) is 1.89. The number of nitrogens with zero attached hydrogens (tertiary/aromatic N) is 3. The second-order valence-corrected chi connectivity index (χ2v) is 10.3. The molecule has 0 aliphatic carbocycles. The van der Waals surface area contributed by atoms with Gasteiger partial charge in [0.05, 0.1) is 28.5 Å². The Morgan fingerprint density at radius 2 is 1.95 bits per heavy atom. The number of carbonyl (C=O) groups excluding carboxylic acids is 2. The molecule has 10 heteroatoms. The van der Waals surface area contributed by atoms with E-state index < -0.39 is 29.4 Å². The number of aliphatic hydroxyl groups is 1. The van der Waals surface area contributed by atoms with Crippen molar-refractivity contribution in [2.45, 2.75) is 13.0 Å². The van der Waals surface area contributed by atoms with Crippen molar-refractivity contribution in [2.24, 2.45) is 0 Å². The van der Waals surface area contributed by atoms with Crippen LogP contribution in [0.1, 0.15) is 22.7 Å². The highest BCUT2D eigenvalue weighted by Gasteiger charge is 2.48. The fourth-order valence-electron chi connectivity index (χ4n) is 4.89. The molecule has 1 unspecified atom stereocenters. The quantitative estimate of drug-likeness (QED) is 0.218. The average Bonchev–Trinajstić information content (AvgIpc) is 3.42. The number of benzene rings is 3. The van der Waals surface area contributed by atoms with Crippen molar-refractivity contribution < 1.29 is 28.2 Å². The molecule has 1 N–H and O–H groups in total. The molecule has 2 aliphatic rings. The fraction of sp³-hybridized carbons (Fsp3) is 0.179. The van der Waals surface area contributed by atoms with Crippen LogP contribution in [0.2, 0.25) is 0 Å². The number of amides is 1. The lowest BCUT2D eigenvalue weighted by molar-refractivity contribution is -0.132. The molecular formula is C28H21F2N3O4S. The lowest BCUT2D eigenvalue weighted by atomic mass is 9.94. The van der Waals surface area contributed by atoms with Gasteiger partial charge in [-0.3, -0.25) is 14.5 Å². The molecule has 1 atom stereocenters. The molecular weight excluding hydrogens is 512 g/mol. The summed E-state index contributed by atoms with van der Waals surface area (Å²) in [4.78, 5) is 34.3. The van der Waals surface area contributed by atoms with Gasteiger partial charge >= 0.3 is 5.91 Å². The number of fused-ring (bicyclic) bond motifs is 2. The summed E-state index contributed by atoms with van der Waals surface area (Å²) in [5.74, 6) is -3.17. The summed E-state index contributed by atoms with van der Waals surface area (Å²) in [5, 5.41) is 11.5. The minimum atomic E-state index is -1.03. The number of hydrogen-bond donors (Lipinski definition) is 1. The summed E-state index contributed by atoms with van der Waals surface area (Å²) >= 11 is 0.894. The molecule has 2 aliphatic heterocycles. The van der Waals surface area contributed by atoms with Gasteiger partial charge in [-0.05, 0) is 36.8 Å². The summed E-state index contributed by atoms with van der Waals surface area (Å²) in [6.07, 6.45) is 0. The van der Waals surface area contributed by atoms with Crippen LogP contribution in [0.4, 0.5) is 19.6 Å². The van der Waals surface area contributed by atoms with Crippen molar-refractivity contribution in [3.8, 4) is 5.75 Å². The Morgan fingerprint density at radius 3 is 2.74 bits per heavy atom. The third kappa shape index (κ3) is 3.79. The second kappa shape index (κ2) is 8.91. The number of aryl methyl sites for hydroxylation is 1. The highest BCUT2D eigenvalue weighted by atomic mass is 32.1. The Morgan fingerprint density at radius 1 is 1.13 bits per heavy atom. The minimum absolute atomic E-state index is 0.0238. The molecule has 38 heavy (non-hydrogen) atoms. The van der Waals surface area contributed by atoms with E-state index in [9.17, 15) is 23.5 Å². The molecule has 1 saturated heterocycles. The fourth-order valence-corrected chi connectivity index (χ4v) is 5.92. The summed E-state index contributed by atoms with van der Waals surface area (Å²) in [6.45, 7) is 3.05. The van der Waals surface area contributed by atoms with Crippen LogP contribution < -0.4 is 14.5 Å². The molecule has 1 amide bonds. The zero-order valence-electron chi connectivity index (χ0n) is 20.4. The molecule has 7 nitrogen and oxygen atoms in total. The number of carbonyl (C=O) groups is 2. The van der Waals surface area contributed by atoms with E-state index in [-0.39, 0.29) is 26.7 Å². The second-order valence-electron chi connectivity index (χ2n) is 9.27. The van der Waals surface area contributed by atoms with Crippen LogP contribution in [0.5, 0.6) is 5.75 Å². The van der Waals surface area contributed by atoms with Gasteiger partial charge in [0, 0.05) is 18.7 Å². The van der Waals surface area contributed by atoms with Crippen LogP contribution in [0, 0.1) is 18.6 Å². The number of ketones is 1. The molecule has 0 spiro atoms. The maximum Gasteiger partial charge on any atom is 0.301 e. The number of rotatable bonds is 3. The summed E-state index contributed by atoms with van der Waals surface area (Å²) < 4.78 is 34.2. The first kappa shape index (κ1) is 24.1. The molecule has 6 rings (SSSR count). The van der Waals surface area contributed by atoms with Gasteiger partial charge in [-0.15, -0.1) is 0 Å². The normalized spacial score (nSPS) is 18.7. The zero-order valence-corrected chi connectivity index (χ0v) is 21.2. The van der Waals surface area contributed by atoms with Crippen LogP contribution in [0.3, 0.4) is 0 Å². The van der Waals surface area contributed by atoms with E-state index in [1.807, 2.05) is 24.9 Å². The molecule has 0 saturated carbocycles. The minimum Gasteiger partial charge on any atom is -0.507 e. The highest BCUT2D eigenvalue weighted by molar-refractivity contribution is 7.22. The van der Waals surface area contributed by atoms with Gasteiger partial charge in [0.15, 0.2) is 10.9 Å². The Balaban J connectivity index is 1.56. The number of thiazole rings is 1. The van der Waals surface area contributed by atoms with Crippen LogP contribution in [0.25, 0.3) is 16.0 Å². The van der Waals surface area contributed by atoms with Gasteiger partial charge in [0.2, 0.25) is 0 Å². The van der Waals surface area contributed by atoms with Crippen molar-refractivity contribution >= 4 is 49.8 Å². The van der Waals surface area contributed by atoms with Gasteiger partial charge in [0.25, 0.3) is 5.78 Å². The van der Waals surface area contributed by atoms with E-state index in [0.717, 1.165) is 39.6 Å². The Labute approximate surface area is 220 Å². The van der Waals surface area contributed by atoms with E-state index in [2.05, 4.69) is 4.98 Å². The number of aromatic nitrogens is 1. The maximum absolute atomic E-state index is 14.5. The van der Waals surface area contributed by atoms with Crippen LogP contribution in [0.15, 0.2) is 60.2 Å². The Bertz CT molecular complexity index is 1680. The average molecular weight is 534 g/mol. The molecule has 3 heterocycles. The summed E-state index contributed by atoms with van der Waals surface area (Å²) in [6, 6.07) is 13.1. The van der Waals surface area contributed by atoms with Crippen molar-refractivity contribution in [2.75, 3.05) is 30.0 Å². The topological polar surface area (TPSA) is 83.0 Å². The van der Waals surface area contributed by atoms with Gasteiger partial charge in [-0.2, -0.15) is 0 Å². The molecule has 1 fully saturated rings. The van der Waals surface area contributed by atoms with E-state index in [0.29, 0.717) is 30.0 Å².